The van der Waals surface area contributed by atoms with Crippen LogP contribution in [-0.2, 0) is 0 Å². The highest BCUT2D eigenvalue weighted by Crippen LogP contribution is 2.18. The van der Waals surface area contributed by atoms with Gasteiger partial charge in [-0.25, -0.2) is 0 Å². The van der Waals surface area contributed by atoms with Crippen LogP contribution in [0.5, 0.6) is 0 Å². The Kier molecular flexibility index (Phi) is 4.73. The molecule has 0 aliphatic carbocycles. The summed E-state index contributed by atoms with van der Waals surface area (Å²) in [6.07, 6.45) is 0.959. The lowest BCUT2D eigenvalue weighted by molar-refractivity contribution is 0.0949. The van der Waals surface area contributed by atoms with Gasteiger partial charge >= 0.3 is 0 Å². The monoisotopic (exact) mass is 249 g/mol. The molecule has 18 heavy (non-hydrogen) atoms. The Bertz CT molecular complexity index is 422. The Morgan fingerprint density at radius 1 is 1.33 bits per heavy atom. The first-order valence-electron chi connectivity index (χ1n) is 6.19. The van der Waals surface area contributed by atoms with Crippen LogP contribution in [0.25, 0.3) is 0 Å². The van der Waals surface area contributed by atoms with Crippen molar-refractivity contribution in [2.75, 3.05) is 12.0 Å². The van der Waals surface area contributed by atoms with Crippen molar-refractivity contribution < 1.29 is 4.79 Å². The zero-order chi connectivity index (χ0) is 13.8. The van der Waals surface area contributed by atoms with Crippen molar-refractivity contribution in [2.45, 2.75) is 34.1 Å². The van der Waals surface area contributed by atoms with E-state index in [9.17, 15) is 4.79 Å². The number of aryl methyl sites for hydroxylation is 1. The second-order valence-electron chi connectivity index (χ2n) is 5.74. The molecule has 4 heteroatoms. The van der Waals surface area contributed by atoms with Gasteiger partial charge in [0.2, 0.25) is 0 Å². The van der Waals surface area contributed by atoms with Crippen LogP contribution in [0.2, 0.25) is 0 Å². The summed E-state index contributed by atoms with van der Waals surface area (Å²) in [5.41, 5.74) is 5.21. The molecule has 0 aliphatic heterocycles. The molecule has 0 fully saturated rings. The first-order valence-corrected chi connectivity index (χ1v) is 6.19. The second-order valence-corrected chi connectivity index (χ2v) is 5.74. The number of anilines is 1. The molecule has 0 aromatic heterocycles. The van der Waals surface area contributed by atoms with Crippen molar-refractivity contribution in [3.63, 3.8) is 0 Å². The number of hydrogen-bond donors (Lipinski definition) is 3. The lowest BCUT2D eigenvalue weighted by Crippen LogP contribution is -2.27. The van der Waals surface area contributed by atoms with Crippen LogP contribution in [0.3, 0.4) is 0 Å². The molecule has 0 bridgehead atoms. The van der Waals surface area contributed by atoms with Gasteiger partial charge in [0, 0.05) is 17.8 Å². The molecule has 0 radical (unpaired) electrons. The van der Waals surface area contributed by atoms with Gasteiger partial charge in [0.25, 0.3) is 5.91 Å². The summed E-state index contributed by atoms with van der Waals surface area (Å²) in [5, 5.41) is 2.94. The highest BCUT2D eigenvalue weighted by atomic mass is 16.1. The Morgan fingerprint density at radius 3 is 2.50 bits per heavy atom. The number of benzene rings is 1. The molecule has 4 nitrogen and oxygen atoms in total. The summed E-state index contributed by atoms with van der Waals surface area (Å²) >= 11 is 0. The van der Waals surface area contributed by atoms with Crippen molar-refractivity contribution in [3.8, 4) is 0 Å². The van der Waals surface area contributed by atoms with Gasteiger partial charge in [-0.3, -0.25) is 10.6 Å². The van der Waals surface area contributed by atoms with E-state index >= 15 is 0 Å². The standard InChI is InChI=1S/C14H23N3O/c1-10-9-11(17-15)5-6-12(10)13(18)16-8-7-14(2,3)4/h5-6,9,17H,7-8,15H2,1-4H3,(H,16,18). The number of hydrazine groups is 1. The first kappa shape index (κ1) is 14.5. The average Bonchev–Trinajstić information content (AvgIpc) is 2.26. The number of carbonyl (C=O) groups is 1. The highest BCUT2D eigenvalue weighted by Gasteiger charge is 2.12. The fraction of sp³-hybridized carbons (Fsp3) is 0.500. The summed E-state index contributed by atoms with van der Waals surface area (Å²) in [4.78, 5) is 12.0. The lowest BCUT2D eigenvalue weighted by Gasteiger charge is -2.18. The fourth-order valence-corrected chi connectivity index (χ4v) is 1.65. The zero-order valence-electron chi connectivity index (χ0n) is 11.6. The Morgan fingerprint density at radius 2 is 2.00 bits per heavy atom. The third kappa shape index (κ3) is 4.37. The largest absolute Gasteiger partial charge is 0.352 e. The van der Waals surface area contributed by atoms with Crippen LogP contribution >= 0.6 is 0 Å². The Hall–Kier alpha value is -1.55. The van der Waals surface area contributed by atoms with Gasteiger partial charge < -0.3 is 10.7 Å². The summed E-state index contributed by atoms with van der Waals surface area (Å²) in [5.74, 6) is 5.29. The topological polar surface area (TPSA) is 67.1 Å². The van der Waals surface area contributed by atoms with E-state index in [4.69, 9.17) is 5.84 Å². The van der Waals surface area contributed by atoms with Crippen LogP contribution in [0, 0.1) is 12.3 Å². The first-order chi connectivity index (χ1) is 8.33. The highest BCUT2D eigenvalue weighted by molar-refractivity contribution is 5.96. The minimum Gasteiger partial charge on any atom is -0.352 e. The van der Waals surface area contributed by atoms with Gasteiger partial charge in [-0.15, -0.1) is 0 Å². The minimum absolute atomic E-state index is 0.0275. The molecule has 0 saturated heterocycles. The van der Waals surface area contributed by atoms with Crippen LogP contribution < -0.4 is 16.6 Å². The van der Waals surface area contributed by atoms with Crippen LogP contribution in [-0.4, -0.2) is 12.5 Å². The molecule has 0 spiro atoms. The third-order valence-electron chi connectivity index (χ3n) is 2.80. The maximum atomic E-state index is 12.0. The number of hydrogen-bond acceptors (Lipinski definition) is 3. The van der Waals surface area contributed by atoms with Crippen molar-refractivity contribution in [1.82, 2.24) is 5.32 Å². The molecule has 4 N–H and O–H groups in total. The Balaban J connectivity index is 2.62. The van der Waals surface area contributed by atoms with Crippen molar-refractivity contribution in [1.29, 1.82) is 0 Å². The van der Waals surface area contributed by atoms with E-state index in [1.807, 2.05) is 13.0 Å². The molecule has 1 aromatic carbocycles. The van der Waals surface area contributed by atoms with Crippen LogP contribution in [0.4, 0.5) is 5.69 Å². The van der Waals surface area contributed by atoms with Gasteiger partial charge in [0.05, 0.1) is 0 Å². The van der Waals surface area contributed by atoms with Gasteiger partial charge in [0.15, 0.2) is 0 Å². The number of rotatable bonds is 4. The molecule has 0 atom stereocenters. The number of nitrogens with two attached hydrogens (primary N) is 1. The summed E-state index contributed by atoms with van der Waals surface area (Å²) in [6.45, 7) is 9.07. The Labute approximate surface area is 109 Å². The smallest absolute Gasteiger partial charge is 0.251 e. The fourth-order valence-electron chi connectivity index (χ4n) is 1.65. The van der Waals surface area contributed by atoms with Gasteiger partial charge in [-0.2, -0.15) is 0 Å². The lowest BCUT2D eigenvalue weighted by atomic mass is 9.92. The molecule has 1 aromatic rings. The normalized spacial score (nSPS) is 11.2. The second kappa shape index (κ2) is 5.87. The minimum atomic E-state index is -0.0275. The van der Waals surface area contributed by atoms with Crippen molar-refractivity contribution >= 4 is 11.6 Å². The molecule has 0 heterocycles. The molecular formula is C14H23N3O. The molecular weight excluding hydrogens is 226 g/mol. The van der Waals surface area contributed by atoms with Gasteiger partial charge in [-0.05, 0) is 42.5 Å². The molecule has 1 amide bonds. The molecule has 0 saturated carbocycles. The third-order valence-corrected chi connectivity index (χ3v) is 2.80. The van der Waals surface area contributed by atoms with Crippen molar-refractivity contribution in [3.05, 3.63) is 29.3 Å². The average molecular weight is 249 g/mol. The number of carbonyl (C=O) groups excluding carboxylic acids is 1. The van der Waals surface area contributed by atoms with Crippen LogP contribution in [0.15, 0.2) is 18.2 Å². The molecule has 0 aliphatic rings. The van der Waals surface area contributed by atoms with Crippen LogP contribution in [0.1, 0.15) is 43.1 Å². The van der Waals surface area contributed by atoms with E-state index in [-0.39, 0.29) is 11.3 Å². The quantitative estimate of drug-likeness (QED) is 0.567. The van der Waals surface area contributed by atoms with E-state index < -0.39 is 0 Å². The van der Waals surface area contributed by atoms with Crippen molar-refractivity contribution in [2.24, 2.45) is 11.3 Å². The number of nitrogen functional groups attached to an aromatic ring is 1. The molecule has 1 rings (SSSR count). The number of nitrogens with one attached hydrogen (secondary N) is 2. The maximum absolute atomic E-state index is 12.0. The predicted molar refractivity (Wildman–Crippen MR) is 75.4 cm³/mol. The maximum Gasteiger partial charge on any atom is 0.251 e. The summed E-state index contributed by atoms with van der Waals surface area (Å²) < 4.78 is 0. The van der Waals surface area contributed by atoms with E-state index in [0.717, 1.165) is 17.7 Å². The van der Waals surface area contributed by atoms with E-state index in [2.05, 4.69) is 31.5 Å². The SMILES string of the molecule is Cc1cc(NN)ccc1C(=O)NCCC(C)(C)C. The van der Waals surface area contributed by atoms with E-state index in [0.29, 0.717) is 12.1 Å². The number of amides is 1. The zero-order valence-corrected chi connectivity index (χ0v) is 11.6. The van der Waals surface area contributed by atoms with Gasteiger partial charge in [0.1, 0.15) is 0 Å². The van der Waals surface area contributed by atoms with E-state index in [1.165, 1.54) is 0 Å². The molecule has 0 unspecified atom stereocenters. The van der Waals surface area contributed by atoms with Gasteiger partial charge in [-0.1, -0.05) is 20.8 Å². The predicted octanol–water partition coefficient (Wildman–Crippen LogP) is 2.45. The van der Waals surface area contributed by atoms with E-state index in [1.54, 1.807) is 12.1 Å². The molecule has 100 valence electrons. The summed E-state index contributed by atoms with van der Waals surface area (Å²) in [6, 6.07) is 5.45. The summed E-state index contributed by atoms with van der Waals surface area (Å²) in [7, 11) is 0.